The number of anilines is 1. The first kappa shape index (κ1) is 30.7. The molecule has 1 fully saturated rings. The van der Waals surface area contributed by atoms with Crippen LogP contribution in [0.15, 0.2) is 83.3 Å². The van der Waals surface area contributed by atoms with Crippen LogP contribution in [0.5, 0.6) is 0 Å². The fraction of sp³-hybridized carbons (Fsp3) is 0.355. The molecule has 7 nitrogen and oxygen atoms in total. The molecule has 4 rings (SSSR count). The van der Waals surface area contributed by atoms with Crippen LogP contribution in [0.2, 0.25) is 0 Å². The SMILES string of the molecule is CS(=O)(=O)N(CC(=O)N(Cc1ccccc1F)[C@H](Cc1ccccc1)C(=O)NC1CCCCC1)c1ccccc1Br. The zero-order valence-electron chi connectivity index (χ0n) is 23.0. The second-order valence-electron chi connectivity index (χ2n) is 10.4. The second-order valence-corrected chi connectivity index (χ2v) is 13.1. The van der Waals surface area contributed by atoms with Crippen molar-refractivity contribution in [2.45, 2.75) is 57.2 Å². The van der Waals surface area contributed by atoms with E-state index in [1.807, 2.05) is 30.3 Å². The molecule has 1 aliphatic carbocycles. The van der Waals surface area contributed by atoms with Crippen LogP contribution >= 0.6 is 15.9 Å². The smallest absolute Gasteiger partial charge is 0.244 e. The Morgan fingerprint density at radius 3 is 2.24 bits per heavy atom. The lowest BCUT2D eigenvalue weighted by Gasteiger charge is -2.35. The van der Waals surface area contributed by atoms with Gasteiger partial charge in [0.25, 0.3) is 0 Å². The van der Waals surface area contributed by atoms with Crippen LogP contribution in [0.4, 0.5) is 10.1 Å². The number of amides is 2. The number of carbonyl (C=O) groups excluding carboxylic acids is 2. The Morgan fingerprint density at radius 1 is 0.951 bits per heavy atom. The van der Waals surface area contributed by atoms with Gasteiger partial charge in [0, 0.05) is 29.0 Å². The van der Waals surface area contributed by atoms with E-state index in [0.717, 1.165) is 48.2 Å². The van der Waals surface area contributed by atoms with E-state index in [1.54, 1.807) is 42.5 Å². The van der Waals surface area contributed by atoms with Crippen molar-refractivity contribution in [3.05, 3.63) is 100 Å². The number of nitrogens with zero attached hydrogens (tertiary/aromatic N) is 2. The molecule has 0 spiro atoms. The molecule has 1 aliphatic rings. The summed E-state index contributed by atoms with van der Waals surface area (Å²) < 4.78 is 42.2. The molecular formula is C31H35BrFN3O4S. The highest BCUT2D eigenvalue weighted by molar-refractivity contribution is 9.10. The van der Waals surface area contributed by atoms with Crippen LogP contribution in [-0.2, 0) is 32.6 Å². The molecule has 0 saturated heterocycles. The minimum atomic E-state index is -3.90. The highest BCUT2D eigenvalue weighted by atomic mass is 79.9. The van der Waals surface area contributed by atoms with Gasteiger partial charge in [-0.1, -0.05) is 79.9 Å². The lowest BCUT2D eigenvalue weighted by molar-refractivity contribution is -0.140. The van der Waals surface area contributed by atoms with Crippen molar-refractivity contribution >= 4 is 43.5 Å². The Labute approximate surface area is 249 Å². The van der Waals surface area contributed by atoms with Crippen molar-refractivity contribution in [1.29, 1.82) is 0 Å². The van der Waals surface area contributed by atoms with Crippen LogP contribution in [-0.4, -0.2) is 50.0 Å². The normalized spacial score (nSPS) is 14.7. The summed E-state index contributed by atoms with van der Waals surface area (Å²) in [6.45, 7) is -0.757. The molecule has 2 amide bonds. The van der Waals surface area contributed by atoms with Crippen molar-refractivity contribution in [2.75, 3.05) is 17.1 Å². The summed E-state index contributed by atoms with van der Waals surface area (Å²) in [7, 11) is -3.90. The summed E-state index contributed by atoms with van der Waals surface area (Å²) in [5, 5.41) is 3.13. The maximum atomic E-state index is 14.9. The molecule has 10 heteroatoms. The van der Waals surface area contributed by atoms with E-state index in [4.69, 9.17) is 0 Å². The van der Waals surface area contributed by atoms with Gasteiger partial charge >= 0.3 is 0 Å². The second kappa shape index (κ2) is 14.1. The molecule has 0 unspecified atom stereocenters. The summed E-state index contributed by atoms with van der Waals surface area (Å²) in [5.74, 6) is -1.46. The lowest BCUT2D eigenvalue weighted by atomic mass is 9.94. The van der Waals surface area contributed by atoms with Gasteiger partial charge in [0.15, 0.2) is 0 Å². The number of nitrogens with one attached hydrogen (secondary N) is 1. The fourth-order valence-corrected chi connectivity index (χ4v) is 6.63. The van der Waals surface area contributed by atoms with Gasteiger partial charge in [-0.15, -0.1) is 0 Å². The summed E-state index contributed by atoms with van der Waals surface area (Å²) >= 11 is 3.39. The lowest BCUT2D eigenvalue weighted by Crippen LogP contribution is -2.55. The standard InChI is InChI=1S/C31H35BrFN3O4S/c1-41(39,40)36(28-19-11-9-17-26(28)32)22-30(37)35(21-24-14-8-10-18-27(24)33)29(20-23-12-4-2-5-13-23)31(38)34-25-15-6-3-7-16-25/h2,4-5,8-14,17-19,25,29H,3,6-7,15-16,20-22H2,1H3,(H,34,38)/t29-/m1/s1. The first-order valence-corrected chi connectivity index (χ1v) is 16.4. The van der Waals surface area contributed by atoms with Crippen molar-refractivity contribution in [1.82, 2.24) is 10.2 Å². The fourth-order valence-electron chi connectivity index (χ4n) is 5.16. The average Bonchev–Trinajstić information content (AvgIpc) is 2.95. The molecule has 0 aromatic heterocycles. The number of para-hydroxylation sites is 1. The Balaban J connectivity index is 1.74. The van der Waals surface area contributed by atoms with Gasteiger partial charge in [-0.2, -0.15) is 0 Å². The Bertz CT molecular complexity index is 1450. The van der Waals surface area contributed by atoms with Gasteiger partial charge in [0.05, 0.1) is 11.9 Å². The quantitative estimate of drug-likeness (QED) is 0.301. The third-order valence-electron chi connectivity index (χ3n) is 7.32. The Morgan fingerprint density at radius 2 is 1.59 bits per heavy atom. The van der Waals surface area contributed by atoms with E-state index in [9.17, 15) is 22.4 Å². The molecule has 218 valence electrons. The van der Waals surface area contributed by atoms with Gasteiger partial charge < -0.3 is 10.2 Å². The van der Waals surface area contributed by atoms with E-state index < -0.39 is 34.3 Å². The summed E-state index contributed by atoms with van der Waals surface area (Å²) in [4.78, 5) is 29.4. The van der Waals surface area contributed by atoms with Crippen molar-refractivity contribution < 1.29 is 22.4 Å². The number of hydrogen-bond donors (Lipinski definition) is 1. The predicted octanol–water partition coefficient (Wildman–Crippen LogP) is 5.44. The number of carbonyl (C=O) groups is 2. The molecule has 1 N–H and O–H groups in total. The first-order chi connectivity index (χ1) is 19.6. The monoisotopic (exact) mass is 643 g/mol. The molecule has 1 atom stereocenters. The highest BCUT2D eigenvalue weighted by Crippen LogP contribution is 2.28. The predicted molar refractivity (Wildman–Crippen MR) is 162 cm³/mol. The van der Waals surface area contributed by atoms with E-state index in [1.165, 1.54) is 11.0 Å². The number of halogens is 2. The minimum absolute atomic E-state index is 0.00673. The summed E-state index contributed by atoms with van der Waals surface area (Å²) in [6.07, 6.45) is 6.08. The first-order valence-electron chi connectivity index (χ1n) is 13.7. The average molecular weight is 645 g/mol. The molecule has 0 aliphatic heterocycles. The molecule has 1 saturated carbocycles. The molecular weight excluding hydrogens is 609 g/mol. The molecule has 0 radical (unpaired) electrons. The number of rotatable bonds is 11. The minimum Gasteiger partial charge on any atom is -0.352 e. The summed E-state index contributed by atoms with van der Waals surface area (Å²) in [6, 6.07) is 21.1. The zero-order chi connectivity index (χ0) is 29.4. The number of hydrogen-bond acceptors (Lipinski definition) is 4. The topological polar surface area (TPSA) is 86.8 Å². The van der Waals surface area contributed by atoms with Gasteiger partial charge in [-0.3, -0.25) is 13.9 Å². The van der Waals surface area contributed by atoms with E-state index >= 15 is 0 Å². The summed E-state index contributed by atoms with van der Waals surface area (Å²) in [5.41, 5.74) is 1.35. The van der Waals surface area contributed by atoms with E-state index in [2.05, 4.69) is 21.2 Å². The molecule has 3 aromatic carbocycles. The van der Waals surface area contributed by atoms with Crippen molar-refractivity contribution in [3.8, 4) is 0 Å². The van der Waals surface area contributed by atoms with Gasteiger partial charge in [0.1, 0.15) is 18.4 Å². The van der Waals surface area contributed by atoms with Gasteiger partial charge in [-0.05, 0) is 52.5 Å². The van der Waals surface area contributed by atoms with Gasteiger partial charge in [0.2, 0.25) is 21.8 Å². The maximum Gasteiger partial charge on any atom is 0.244 e. The number of benzene rings is 3. The molecule has 3 aromatic rings. The van der Waals surface area contributed by atoms with Crippen LogP contribution < -0.4 is 9.62 Å². The number of sulfonamides is 1. The third-order valence-corrected chi connectivity index (χ3v) is 9.12. The zero-order valence-corrected chi connectivity index (χ0v) is 25.4. The van der Waals surface area contributed by atoms with Crippen LogP contribution in [0.25, 0.3) is 0 Å². The molecule has 41 heavy (non-hydrogen) atoms. The molecule has 0 heterocycles. The van der Waals surface area contributed by atoms with Gasteiger partial charge in [-0.25, -0.2) is 12.8 Å². The van der Waals surface area contributed by atoms with Crippen LogP contribution in [0.1, 0.15) is 43.2 Å². The third kappa shape index (κ3) is 8.39. The molecule has 0 bridgehead atoms. The largest absolute Gasteiger partial charge is 0.352 e. The van der Waals surface area contributed by atoms with Crippen molar-refractivity contribution in [3.63, 3.8) is 0 Å². The Hall–Kier alpha value is -3.24. The van der Waals surface area contributed by atoms with E-state index in [0.29, 0.717) is 10.2 Å². The maximum absolute atomic E-state index is 14.9. The highest BCUT2D eigenvalue weighted by Gasteiger charge is 2.34. The van der Waals surface area contributed by atoms with Crippen molar-refractivity contribution in [2.24, 2.45) is 0 Å². The van der Waals surface area contributed by atoms with E-state index in [-0.39, 0.29) is 30.5 Å². The van der Waals surface area contributed by atoms with Crippen LogP contribution in [0.3, 0.4) is 0 Å². The van der Waals surface area contributed by atoms with Crippen LogP contribution in [0, 0.1) is 5.82 Å². The Kier molecular flexibility index (Phi) is 10.6.